The van der Waals surface area contributed by atoms with Gasteiger partial charge in [0, 0.05) is 18.2 Å². The fraction of sp³-hybridized carbons (Fsp3) is 0.333. The number of aliphatic imine (C=N–C) groups is 1. The van der Waals surface area contributed by atoms with Gasteiger partial charge in [0.15, 0.2) is 0 Å². The smallest absolute Gasteiger partial charge is 0.325 e. The molecule has 0 bridgehead atoms. The number of hydrogen-bond donors (Lipinski definition) is 0. The molecule has 1 aliphatic rings. The number of esters is 1. The van der Waals surface area contributed by atoms with Gasteiger partial charge in [0.05, 0.1) is 12.3 Å². The molecule has 0 aromatic heterocycles. The van der Waals surface area contributed by atoms with Gasteiger partial charge in [-0.3, -0.25) is 9.79 Å². The van der Waals surface area contributed by atoms with Crippen molar-refractivity contribution in [3.63, 3.8) is 0 Å². The largest absolute Gasteiger partial charge is 0.462 e. The minimum atomic E-state index is -0.359. The standard InChI is InChI=1S/C12H13NO3S/c1-15-6-7-16-12(14)11-8-13-9-4-2-3-5-10(9)17-11/h2-5,8,11H,6-7H2,1H3. The predicted octanol–water partition coefficient (Wildman–Crippen LogP) is 2.05. The Labute approximate surface area is 104 Å². The molecule has 0 N–H and O–H groups in total. The normalized spacial score (nSPS) is 17.6. The van der Waals surface area contributed by atoms with Crippen LogP contribution in [0.1, 0.15) is 0 Å². The Morgan fingerprint density at radius 2 is 2.24 bits per heavy atom. The molecule has 0 amide bonds. The fourth-order valence-electron chi connectivity index (χ4n) is 1.40. The van der Waals surface area contributed by atoms with Crippen LogP contribution in [0, 0.1) is 0 Å². The summed E-state index contributed by atoms with van der Waals surface area (Å²) in [4.78, 5) is 16.9. The van der Waals surface area contributed by atoms with Crippen molar-refractivity contribution >= 4 is 29.6 Å². The summed E-state index contributed by atoms with van der Waals surface area (Å²) < 4.78 is 9.88. The Morgan fingerprint density at radius 3 is 3.06 bits per heavy atom. The first-order valence-corrected chi connectivity index (χ1v) is 6.14. The zero-order chi connectivity index (χ0) is 12.1. The van der Waals surface area contributed by atoms with Gasteiger partial charge in [-0.2, -0.15) is 0 Å². The zero-order valence-corrected chi connectivity index (χ0v) is 10.3. The Morgan fingerprint density at radius 1 is 1.41 bits per heavy atom. The molecule has 0 fully saturated rings. The quantitative estimate of drug-likeness (QED) is 0.607. The van der Waals surface area contributed by atoms with Gasteiger partial charge >= 0.3 is 5.97 Å². The van der Waals surface area contributed by atoms with Crippen molar-refractivity contribution in [2.24, 2.45) is 4.99 Å². The van der Waals surface area contributed by atoms with Crippen molar-refractivity contribution < 1.29 is 14.3 Å². The van der Waals surface area contributed by atoms with Crippen LogP contribution in [0.4, 0.5) is 5.69 Å². The molecular formula is C12H13NO3S. The van der Waals surface area contributed by atoms with Gasteiger partial charge < -0.3 is 9.47 Å². The van der Waals surface area contributed by atoms with Crippen LogP contribution in [0.5, 0.6) is 0 Å². The number of thioether (sulfide) groups is 1. The maximum Gasteiger partial charge on any atom is 0.325 e. The van der Waals surface area contributed by atoms with E-state index in [4.69, 9.17) is 9.47 Å². The molecule has 17 heavy (non-hydrogen) atoms. The maximum atomic E-state index is 11.7. The summed E-state index contributed by atoms with van der Waals surface area (Å²) in [6, 6.07) is 7.73. The van der Waals surface area contributed by atoms with E-state index in [0.29, 0.717) is 6.61 Å². The molecule has 1 aliphatic heterocycles. The number of nitrogens with zero attached hydrogens (tertiary/aromatic N) is 1. The lowest BCUT2D eigenvalue weighted by Crippen LogP contribution is -2.24. The van der Waals surface area contributed by atoms with E-state index in [0.717, 1.165) is 10.6 Å². The molecule has 90 valence electrons. The van der Waals surface area contributed by atoms with Crippen LogP contribution >= 0.6 is 11.8 Å². The molecule has 0 spiro atoms. The van der Waals surface area contributed by atoms with Crippen LogP contribution in [0.25, 0.3) is 0 Å². The second-order valence-corrected chi connectivity index (χ2v) is 4.63. The molecule has 2 rings (SSSR count). The van der Waals surface area contributed by atoms with Crippen LogP contribution in [-0.2, 0) is 14.3 Å². The molecule has 1 aromatic rings. The van der Waals surface area contributed by atoms with Crippen molar-refractivity contribution in [2.75, 3.05) is 20.3 Å². The summed E-state index contributed by atoms with van der Waals surface area (Å²) in [5, 5.41) is -0.359. The van der Waals surface area contributed by atoms with E-state index >= 15 is 0 Å². The average molecular weight is 251 g/mol. The minimum Gasteiger partial charge on any atom is -0.462 e. The number of carbonyl (C=O) groups is 1. The number of hydrogen-bond acceptors (Lipinski definition) is 5. The molecule has 1 unspecified atom stereocenters. The summed E-state index contributed by atoms with van der Waals surface area (Å²) in [5.41, 5.74) is 0.901. The number of benzene rings is 1. The first kappa shape index (κ1) is 12.1. The Kier molecular flexibility index (Phi) is 4.17. The lowest BCUT2D eigenvalue weighted by Gasteiger charge is -2.16. The van der Waals surface area contributed by atoms with E-state index in [2.05, 4.69) is 4.99 Å². The first-order chi connectivity index (χ1) is 8.31. The summed E-state index contributed by atoms with van der Waals surface area (Å²) in [6.07, 6.45) is 1.63. The Balaban J connectivity index is 1.96. The van der Waals surface area contributed by atoms with Gasteiger partial charge in [-0.15, -0.1) is 11.8 Å². The summed E-state index contributed by atoms with van der Waals surface area (Å²) in [6.45, 7) is 0.693. The van der Waals surface area contributed by atoms with Crippen molar-refractivity contribution in [2.45, 2.75) is 10.1 Å². The molecule has 1 heterocycles. The number of fused-ring (bicyclic) bond motifs is 1. The molecule has 4 nitrogen and oxygen atoms in total. The summed E-state index contributed by atoms with van der Waals surface area (Å²) in [7, 11) is 1.57. The monoisotopic (exact) mass is 251 g/mol. The highest BCUT2D eigenvalue weighted by atomic mass is 32.2. The first-order valence-electron chi connectivity index (χ1n) is 5.26. The Bertz CT molecular complexity index is 434. The molecule has 1 atom stereocenters. The van der Waals surface area contributed by atoms with Gasteiger partial charge in [-0.1, -0.05) is 12.1 Å². The highest BCUT2D eigenvalue weighted by Gasteiger charge is 2.23. The molecular weight excluding hydrogens is 238 g/mol. The van der Waals surface area contributed by atoms with Crippen molar-refractivity contribution in [1.29, 1.82) is 0 Å². The number of para-hydroxylation sites is 1. The second-order valence-electron chi connectivity index (χ2n) is 3.44. The van der Waals surface area contributed by atoms with E-state index in [-0.39, 0.29) is 17.8 Å². The predicted molar refractivity (Wildman–Crippen MR) is 67.1 cm³/mol. The summed E-state index contributed by atoms with van der Waals surface area (Å²) in [5.74, 6) is -0.273. The van der Waals surface area contributed by atoms with E-state index in [1.807, 2.05) is 24.3 Å². The van der Waals surface area contributed by atoms with Crippen molar-refractivity contribution in [3.05, 3.63) is 24.3 Å². The van der Waals surface area contributed by atoms with Gasteiger partial charge in [-0.25, -0.2) is 0 Å². The molecule has 1 aromatic carbocycles. The molecule has 5 heteroatoms. The van der Waals surface area contributed by atoms with Crippen molar-refractivity contribution in [1.82, 2.24) is 0 Å². The maximum absolute atomic E-state index is 11.7. The minimum absolute atomic E-state index is 0.273. The number of rotatable bonds is 4. The van der Waals surface area contributed by atoms with Crippen LogP contribution in [-0.4, -0.2) is 37.8 Å². The van der Waals surface area contributed by atoms with Crippen molar-refractivity contribution in [3.8, 4) is 0 Å². The van der Waals surface area contributed by atoms with Gasteiger partial charge in [0.1, 0.15) is 11.9 Å². The van der Waals surface area contributed by atoms with E-state index in [1.165, 1.54) is 11.8 Å². The van der Waals surface area contributed by atoms with E-state index < -0.39 is 0 Å². The topological polar surface area (TPSA) is 47.9 Å². The third kappa shape index (κ3) is 3.08. The van der Waals surface area contributed by atoms with E-state index in [1.54, 1.807) is 13.3 Å². The molecule has 0 saturated heterocycles. The fourth-order valence-corrected chi connectivity index (χ4v) is 2.35. The Hall–Kier alpha value is -1.33. The van der Waals surface area contributed by atoms with Gasteiger partial charge in [0.25, 0.3) is 0 Å². The highest BCUT2D eigenvalue weighted by molar-refractivity contribution is 8.01. The number of methoxy groups -OCH3 is 1. The number of carbonyl (C=O) groups excluding carboxylic acids is 1. The molecule has 0 radical (unpaired) electrons. The third-order valence-corrected chi connectivity index (χ3v) is 3.40. The highest BCUT2D eigenvalue weighted by Crippen LogP contribution is 2.35. The van der Waals surface area contributed by atoms with Crippen LogP contribution < -0.4 is 0 Å². The molecule has 0 saturated carbocycles. The lowest BCUT2D eigenvalue weighted by molar-refractivity contribution is -0.142. The van der Waals surface area contributed by atoms with Crippen LogP contribution in [0.15, 0.2) is 34.2 Å². The molecule has 0 aliphatic carbocycles. The zero-order valence-electron chi connectivity index (χ0n) is 9.46. The van der Waals surface area contributed by atoms with Crippen LogP contribution in [0.3, 0.4) is 0 Å². The van der Waals surface area contributed by atoms with Crippen LogP contribution in [0.2, 0.25) is 0 Å². The third-order valence-electron chi connectivity index (χ3n) is 2.23. The lowest BCUT2D eigenvalue weighted by atomic mass is 10.3. The summed E-state index contributed by atoms with van der Waals surface area (Å²) >= 11 is 1.46. The SMILES string of the molecule is COCCOC(=O)C1C=Nc2ccccc2S1. The second kappa shape index (κ2) is 5.84. The van der Waals surface area contributed by atoms with E-state index in [9.17, 15) is 4.79 Å². The average Bonchev–Trinajstić information content (AvgIpc) is 2.38. The van der Waals surface area contributed by atoms with Gasteiger partial charge in [-0.05, 0) is 12.1 Å². The number of ether oxygens (including phenoxy) is 2. The van der Waals surface area contributed by atoms with Gasteiger partial charge in [0.2, 0.25) is 0 Å².